The Morgan fingerprint density at radius 1 is 1.18 bits per heavy atom. The van der Waals surface area contributed by atoms with Crippen molar-refractivity contribution in [3.63, 3.8) is 0 Å². The van der Waals surface area contributed by atoms with Crippen molar-refractivity contribution in [1.82, 2.24) is 0 Å². The third-order valence-electron chi connectivity index (χ3n) is 2.04. The van der Waals surface area contributed by atoms with E-state index in [1.807, 2.05) is 0 Å². The van der Waals surface area contributed by atoms with Crippen molar-refractivity contribution in [3.05, 3.63) is 34.2 Å². The van der Waals surface area contributed by atoms with Crippen molar-refractivity contribution < 1.29 is 0 Å². The van der Waals surface area contributed by atoms with Gasteiger partial charge in [-0.1, -0.05) is 0 Å². The van der Waals surface area contributed by atoms with E-state index in [1.54, 1.807) is 4.35 Å². The number of aryl methyl sites for hydroxylation is 1. The van der Waals surface area contributed by atoms with E-state index in [-0.39, 0.29) is 0 Å². The Bertz CT molecular complexity index is 324. The van der Waals surface area contributed by atoms with Crippen molar-refractivity contribution in [1.29, 1.82) is 0 Å². The van der Waals surface area contributed by atoms with Gasteiger partial charge in [-0.3, -0.25) is 0 Å². The van der Waals surface area contributed by atoms with Gasteiger partial charge in [0.15, 0.2) is 0 Å². The summed E-state index contributed by atoms with van der Waals surface area (Å²) in [5.41, 5.74) is 4.44. The average molecular weight is 205 g/mol. The molecule has 55 valence electrons. The summed E-state index contributed by atoms with van der Waals surface area (Å²) in [6.45, 7) is 4.41. The van der Waals surface area contributed by atoms with Gasteiger partial charge >= 0.3 is 73.7 Å². The number of fused-ring (bicyclic) bond motifs is 1. The predicted octanol–water partition coefficient (Wildman–Crippen LogP) is 1.70. The molecular formula is C10H10As. The molecule has 1 radical (unpaired) electrons. The minimum absolute atomic E-state index is 0.340. The molecule has 0 spiro atoms. The fourth-order valence-corrected chi connectivity index (χ4v) is 3.84. The fraction of sp³-hybridized carbons (Fsp3) is 0.200. The molecule has 0 atom stereocenters. The van der Waals surface area contributed by atoms with E-state index in [0.717, 1.165) is 0 Å². The van der Waals surface area contributed by atoms with Crippen LogP contribution in [0.2, 0.25) is 0 Å². The Morgan fingerprint density at radius 3 is 2.73 bits per heavy atom. The van der Waals surface area contributed by atoms with Crippen LogP contribution in [-0.4, -0.2) is 15.8 Å². The standard InChI is InChI=1S/C10H10As/c1-7-4-3-5-9-10(7)8(2)6-11-9/h3-6H,1-2H3. The average Bonchev–Trinajstić information content (AvgIpc) is 2.34. The molecule has 0 fully saturated rings. The Balaban J connectivity index is 2.67. The molecule has 1 aliphatic heterocycles. The zero-order valence-corrected chi connectivity index (χ0v) is 8.63. The van der Waals surface area contributed by atoms with Gasteiger partial charge in [-0.15, -0.1) is 0 Å². The van der Waals surface area contributed by atoms with E-state index in [1.165, 1.54) is 16.7 Å². The van der Waals surface area contributed by atoms with E-state index in [4.69, 9.17) is 0 Å². The number of benzene rings is 1. The molecular weight excluding hydrogens is 195 g/mol. The minimum atomic E-state index is 0.340. The molecule has 0 nitrogen and oxygen atoms in total. The number of allylic oxidation sites excluding steroid dienone is 1. The van der Waals surface area contributed by atoms with Gasteiger partial charge in [-0.25, -0.2) is 0 Å². The summed E-state index contributed by atoms with van der Waals surface area (Å²) in [6, 6.07) is 6.62. The quantitative estimate of drug-likeness (QED) is 0.565. The first kappa shape index (κ1) is 7.18. The zero-order chi connectivity index (χ0) is 7.84. The molecule has 11 heavy (non-hydrogen) atoms. The van der Waals surface area contributed by atoms with E-state index in [9.17, 15) is 0 Å². The summed E-state index contributed by atoms with van der Waals surface area (Å²) >= 11 is 0.340. The van der Waals surface area contributed by atoms with Crippen molar-refractivity contribution in [2.45, 2.75) is 13.8 Å². The topological polar surface area (TPSA) is 0 Å². The molecule has 0 saturated carbocycles. The molecule has 1 aromatic carbocycles. The third kappa shape index (κ3) is 1.06. The molecule has 0 bridgehead atoms. The molecule has 1 heteroatoms. The van der Waals surface area contributed by atoms with Crippen LogP contribution < -0.4 is 4.35 Å². The van der Waals surface area contributed by atoms with Gasteiger partial charge in [0, 0.05) is 0 Å². The maximum absolute atomic E-state index is 2.40. The van der Waals surface area contributed by atoms with Gasteiger partial charge in [0.05, 0.1) is 0 Å². The van der Waals surface area contributed by atoms with Crippen molar-refractivity contribution in [3.8, 4) is 0 Å². The third-order valence-corrected chi connectivity index (χ3v) is 4.49. The van der Waals surface area contributed by atoms with Crippen LogP contribution in [-0.2, 0) is 0 Å². The van der Waals surface area contributed by atoms with Gasteiger partial charge < -0.3 is 0 Å². The SMILES string of the molecule is CC1=C[As]c2cccc(C)c21. The molecule has 0 unspecified atom stereocenters. The second-order valence-corrected chi connectivity index (χ2v) is 5.00. The number of hydrogen-bond donors (Lipinski definition) is 0. The molecule has 0 saturated heterocycles. The zero-order valence-electron chi connectivity index (χ0n) is 6.76. The second-order valence-electron chi connectivity index (χ2n) is 2.91. The van der Waals surface area contributed by atoms with Crippen LogP contribution >= 0.6 is 0 Å². The van der Waals surface area contributed by atoms with Gasteiger partial charge in [-0.05, 0) is 0 Å². The van der Waals surface area contributed by atoms with Gasteiger partial charge in [0.2, 0.25) is 0 Å². The molecule has 1 aromatic rings. The summed E-state index contributed by atoms with van der Waals surface area (Å²) in [5, 5.41) is 0. The molecule has 0 aromatic heterocycles. The first-order chi connectivity index (χ1) is 5.29. The summed E-state index contributed by atoms with van der Waals surface area (Å²) in [4.78, 5) is 2.40. The van der Waals surface area contributed by atoms with E-state index < -0.39 is 0 Å². The Labute approximate surface area is 74.0 Å². The molecule has 1 heterocycles. The van der Waals surface area contributed by atoms with E-state index in [2.05, 4.69) is 36.9 Å². The number of rotatable bonds is 0. The van der Waals surface area contributed by atoms with Crippen molar-refractivity contribution in [2.24, 2.45) is 0 Å². The van der Waals surface area contributed by atoms with Crippen LogP contribution in [0, 0.1) is 6.92 Å². The monoisotopic (exact) mass is 205 g/mol. The fourth-order valence-electron chi connectivity index (χ4n) is 1.50. The van der Waals surface area contributed by atoms with Crippen molar-refractivity contribution >= 4 is 25.7 Å². The predicted molar refractivity (Wildman–Crippen MR) is 50.2 cm³/mol. The van der Waals surface area contributed by atoms with Crippen LogP contribution in [0.4, 0.5) is 0 Å². The van der Waals surface area contributed by atoms with Gasteiger partial charge in [0.1, 0.15) is 0 Å². The van der Waals surface area contributed by atoms with Gasteiger partial charge in [-0.2, -0.15) is 0 Å². The first-order valence-electron chi connectivity index (χ1n) is 3.76. The molecule has 0 aliphatic carbocycles. The van der Waals surface area contributed by atoms with Crippen LogP contribution in [0.3, 0.4) is 0 Å². The molecule has 1 aliphatic rings. The summed E-state index contributed by atoms with van der Waals surface area (Å²) in [5.74, 6) is 0. The summed E-state index contributed by atoms with van der Waals surface area (Å²) < 4.78 is 1.58. The van der Waals surface area contributed by atoms with Gasteiger partial charge in [0.25, 0.3) is 0 Å². The van der Waals surface area contributed by atoms with Crippen molar-refractivity contribution in [2.75, 3.05) is 0 Å². The summed E-state index contributed by atoms with van der Waals surface area (Å²) in [7, 11) is 0. The maximum atomic E-state index is 2.40. The molecule has 0 N–H and O–H groups in total. The Morgan fingerprint density at radius 2 is 2.00 bits per heavy atom. The van der Waals surface area contributed by atoms with Crippen LogP contribution in [0.15, 0.2) is 23.1 Å². The molecule has 0 amide bonds. The van der Waals surface area contributed by atoms with E-state index in [0.29, 0.717) is 15.8 Å². The number of hydrogen-bond acceptors (Lipinski definition) is 0. The van der Waals surface area contributed by atoms with E-state index >= 15 is 0 Å². The summed E-state index contributed by atoms with van der Waals surface area (Å²) in [6.07, 6.45) is 0. The Hall–Kier alpha value is -0.482. The molecule has 2 rings (SSSR count). The Kier molecular flexibility index (Phi) is 1.65. The second kappa shape index (κ2) is 2.53. The van der Waals surface area contributed by atoms with Crippen LogP contribution in [0.25, 0.3) is 5.57 Å². The van der Waals surface area contributed by atoms with Crippen LogP contribution in [0.5, 0.6) is 0 Å². The van der Waals surface area contributed by atoms with Crippen LogP contribution in [0.1, 0.15) is 18.1 Å². The first-order valence-corrected chi connectivity index (χ1v) is 5.79. The normalized spacial score (nSPS) is 16.7.